The average molecular weight is 194 g/mol. The van der Waals surface area contributed by atoms with Gasteiger partial charge in [0.15, 0.2) is 0 Å². The molecule has 0 amide bonds. The maximum atomic E-state index is 9.50. The van der Waals surface area contributed by atoms with Crippen molar-refractivity contribution < 1.29 is 4.39 Å². The number of aromatic nitrogens is 1. The van der Waals surface area contributed by atoms with E-state index in [4.69, 9.17) is 5.73 Å². The van der Waals surface area contributed by atoms with Gasteiger partial charge in [-0.2, -0.15) is 0 Å². The van der Waals surface area contributed by atoms with Gasteiger partial charge in [-0.15, -0.1) is 0 Å². The predicted octanol–water partition coefficient (Wildman–Crippen LogP) is 2.09. The molecule has 0 spiro atoms. The van der Waals surface area contributed by atoms with Crippen LogP contribution >= 0.6 is 0 Å². The molecule has 0 fully saturated rings. The first-order valence-electron chi connectivity index (χ1n) is 4.63. The summed E-state index contributed by atoms with van der Waals surface area (Å²) in [5.41, 5.74) is 9.25. The van der Waals surface area contributed by atoms with E-state index in [1.807, 2.05) is 12.3 Å². The van der Waals surface area contributed by atoms with Gasteiger partial charge in [0.2, 0.25) is 0 Å². The molecular formula is C11H15FN2. The van der Waals surface area contributed by atoms with Crippen LogP contribution < -0.4 is 5.73 Å². The van der Waals surface area contributed by atoms with Crippen LogP contribution in [0.2, 0.25) is 0 Å². The van der Waals surface area contributed by atoms with Crippen molar-refractivity contribution in [2.24, 2.45) is 5.73 Å². The van der Waals surface area contributed by atoms with Crippen molar-refractivity contribution in [3.63, 3.8) is 0 Å². The molecule has 2 rings (SSSR count). The van der Waals surface area contributed by atoms with Gasteiger partial charge in [0.25, 0.3) is 0 Å². The van der Waals surface area contributed by atoms with E-state index in [0.29, 0.717) is 13.7 Å². The lowest BCUT2D eigenvalue weighted by atomic mass is 9.98. The third kappa shape index (κ3) is 2.17. The fraction of sp³-hybridized carbons (Fsp3) is 0.364. The number of pyridine rings is 1. The van der Waals surface area contributed by atoms with Crippen LogP contribution in [0.3, 0.4) is 0 Å². The van der Waals surface area contributed by atoms with E-state index in [-0.39, 0.29) is 0 Å². The Hall–Kier alpha value is -1.22. The minimum absolute atomic E-state index is 0.500. The van der Waals surface area contributed by atoms with Gasteiger partial charge >= 0.3 is 0 Å². The van der Waals surface area contributed by atoms with Crippen molar-refractivity contribution in [3.05, 3.63) is 35.2 Å². The number of nitrogens with zero attached hydrogens (tertiary/aromatic N) is 1. The average Bonchev–Trinajstić information content (AvgIpc) is 2.31. The maximum absolute atomic E-state index is 9.50. The number of nitrogens with two attached hydrogens (primary N) is 1. The normalized spacial score (nSPS) is 12.8. The second kappa shape index (κ2) is 5.50. The minimum Gasteiger partial charge on any atom is -0.326 e. The first kappa shape index (κ1) is 10.9. The van der Waals surface area contributed by atoms with Crippen molar-refractivity contribution in [1.82, 2.24) is 4.98 Å². The summed E-state index contributed by atoms with van der Waals surface area (Å²) < 4.78 is 9.50. The topological polar surface area (TPSA) is 38.9 Å². The van der Waals surface area contributed by atoms with Crippen LogP contribution in [-0.4, -0.2) is 12.2 Å². The van der Waals surface area contributed by atoms with Gasteiger partial charge in [-0.05, 0) is 24.5 Å². The van der Waals surface area contributed by atoms with Crippen molar-refractivity contribution in [2.45, 2.75) is 19.4 Å². The first-order valence-corrected chi connectivity index (χ1v) is 4.63. The lowest BCUT2D eigenvalue weighted by Gasteiger charge is -2.11. The molecule has 0 aromatic carbocycles. The molecule has 0 radical (unpaired) electrons. The number of hydrogen-bond acceptors (Lipinski definition) is 2. The molecule has 0 bridgehead atoms. The number of rotatable bonds is 1. The Kier molecular flexibility index (Phi) is 4.26. The predicted molar refractivity (Wildman–Crippen MR) is 56.5 cm³/mol. The summed E-state index contributed by atoms with van der Waals surface area (Å²) in [5.74, 6) is 0. The third-order valence-electron chi connectivity index (χ3n) is 2.22. The van der Waals surface area contributed by atoms with Crippen LogP contribution in [0.25, 0.3) is 6.08 Å². The van der Waals surface area contributed by atoms with Crippen molar-refractivity contribution in [1.29, 1.82) is 0 Å². The van der Waals surface area contributed by atoms with E-state index in [1.165, 1.54) is 16.8 Å². The SMILES string of the molecule is CF.NCc1ccnc2c1C=CCC2. The highest BCUT2D eigenvalue weighted by Crippen LogP contribution is 2.19. The molecule has 0 unspecified atom stereocenters. The summed E-state index contributed by atoms with van der Waals surface area (Å²) in [6.45, 7) is 0.606. The highest BCUT2D eigenvalue weighted by atomic mass is 19.1. The van der Waals surface area contributed by atoms with Crippen LogP contribution in [-0.2, 0) is 13.0 Å². The molecule has 0 aliphatic heterocycles. The molecule has 0 saturated carbocycles. The summed E-state index contributed by atoms with van der Waals surface area (Å²) in [5, 5.41) is 0. The molecule has 1 heterocycles. The molecule has 0 saturated heterocycles. The van der Waals surface area contributed by atoms with Crippen LogP contribution in [0.1, 0.15) is 23.2 Å². The first-order chi connectivity index (χ1) is 6.92. The highest BCUT2D eigenvalue weighted by molar-refractivity contribution is 5.58. The van der Waals surface area contributed by atoms with Crippen LogP contribution in [0.5, 0.6) is 0 Å². The quantitative estimate of drug-likeness (QED) is 0.743. The number of aryl methyl sites for hydroxylation is 1. The zero-order chi connectivity index (χ0) is 10.4. The van der Waals surface area contributed by atoms with Gasteiger partial charge in [0, 0.05) is 24.0 Å². The summed E-state index contributed by atoms with van der Waals surface area (Å²) in [6, 6.07) is 1.99. The number of hydrogen-bond donors (Lipinski definition) is 1. The third-order valence-corrected chi connectivity index (χ3v) is 2.22. The van der Waals surface area contributed by atoms with Gasteiger partial charge in [0.05, 0.1) is 7.18 Å². The second-order valence-corrected chi connectivity index (χ2v) is 2.98. The van der Waals surface area contributed by atoms with Gasteiger partial charge in [-0.1, -0.05) is 12.2 Å². The van der Waals surface area contributed by atoms with Crippen LogP contribution in [0.4, 0.5) is 4.39 Å². The van der Waals surface area contributed by atoms with E-state index >= 15 is 0 Å². The van der Waals surface area contributed by atoms with Crippen molar-refractivity contribution >= 4 is 6.08 Å². The van der Waals surface area contributed by atoms with E-state index in [0.717, 1.165) is 12.8 Å². The Morgan fingerprint density at radius 3 is 3.00 bits per heavy atom. The number of fused-ring (bicyclic) bond motifs is 1. The molecule has 3 heteroatoms. The number of alkyl halides is 1. The van der Waals surface area contributed by atoms with Gasteiger partial charge in [-0.25, -0.2) is 0 Å². The lowest BCUT2D eigenvalue weighted by Crippen LogP contribution is -2.05. The molecule has 76 valence electrons. The molecule has 1 aliphatic rings. The fourth-order valence-electron chi connectivity index (χ4n) is 1.56. The molecule has 1 aromatic heterocycles. The molecule has 14 heavy (non-hydrogen) atoms. The Labute approximate surface area is 83.7 Å². The number of halogens is 1. The van der Waals surface area contributed by atoms with E-state index < -0.39 is 0 Å². The van der Waals surface area contributed by atoms with E-state index in [9.17, 15) is 4.39 Å². The van der Waals surface area contributed by atoms with Gasteiger partial charge in [-0.3, -0.25) is 9.37 Å². The van der Waals surface area contributed by atoms with Crippen LogP contribution in [0, 0.1) is 0 Å². The van der Waals surface area contributed by atoms with E-state index in [1.54, 1.807) is 0 Å². The largest absolute Gasteiger partial charge is 0.326 e. The molecule has 2 nitrogen and oxygen atoms in total. The fourth-order valence-corrected chi connectivity index (χ4v) is 1.56. The second-order valence-electron chi connectivity index (χ2n) is 2.98. The van der Waals surface area contributed by atoms with Gasteiger partial charge in [0.1, 0.15) is 0 Å². The summed E-state index contributed by atoms with van der Waals surface area (Å²) in [6.07, 6.45) is 8.32. The Balaban J connectivity index is 0.000000461. The molecular weight excluding hydrogens is 179 g/mol. The van der Waals surface area contributed by atoms with E-state index in [2.05, 4.69) is 17.1 Å². The zero-order valence-electron chi connectivity index (χ0n) is 8.33. The smallest absolute Gasteiger partial charge is 0.0785 e. The molecule has 0 atom stereocenters. The van der Waals surface area contributed by atoms with Gasteiger partial charge < -0.3 is 5.73 Å². The highest BCUT2D eigenvalue weighted by Gasteiger charge is 2.08. The summed E-state index contributed by atoms with van der Waals surface area (Å²) in [4.78, 5) is 4.32. The standard InChI is InChI=1S/C10H12N2.CH3F/c11-7-8-5-6-12-10-4-2-1-3-9(8)10;1-2/h1,3,5-6H,2,4,7,11H2;1H3. The van der Waals surface area contributed by atoms with Crippen LogP contribution in [0.15, 0.2) is 18.3 Å². The number of allylic oxidation sites excluding steroid dienone is 1. The summed E-state index contributed by atoms with van der Waals surface area (Å²) in [7, 11) is 0.500. The Morgan fingerprint density at radius 1 is 1.50 bits per heavy atom. The zero-order valence-corrected chi connectivity index (χ0v) is 8.33. The minimum atomic E-state index is 0.500. The Bertz CT molecular complexity index is 321. The molecule has 2 N–H and O–H groups in total. The van der Waals surface area contributed by atoms with Crippen molar-refractivity contribution in [2.75, 3.05) is 7.18 Å². The summed E-state index contributed by atoms with van der Waals surface area (Å²) >= 11 is 0. The monoisotopic (exact) mass is 194 g/mol. The molecule has 1 aromatic rings. The molecule has 1 aliphatic carbocycles. The maximum Gasteiger partial charge on any atom is 0.0785 e. The van der Waals surface area contributed by atoms with Crippen molar-refractivity contribution in [3.8, 4) is 0 Å². The Morgan fingerprint density at radius 2 is 2.29 bits per heavy atom. The lowest BCUT2D eigenvalue weighted by molar-refractivity contribution is 0.636.